The molecule has 9 heteroatoms. The summed E-state index contributed by atoms with van der Waals surface area (Å²) in [6, 6.07) is 23.1. The van der Waals surface area contributed by atoms with Crippen molar-refractivity contribution in [1.29, 1.82) is 0 Å². The van der Waals surface area contributed by atoms with E-state index in [4.69, 9.17) is 9.72 Å². The molecule has 0 saturated heterocycles. The smallest absolute Gasteiger partial charge is 0.177 e. The first-order chi connectivity index (χ1) is 19.2. The number of aromatic amines is 1. The summed E-state index contributed by atoms with van der Waals surface area (Å²) in [5.41, 5.74) is 10.8. The Hall–Kier alpha value is -4.89. The van der Waals surface area contributed by atoms with Crippen molar-refractivity contribution in [2.75, 3.05) is 0 Å². The minimum Gasteiger partial charge on any atom is -0.487 e. The molecule has 0 unspecified atom stereocenters. The van der Waals surface area contributed by atoms with Crippen LogP contribution in [0, 0.1) is 5.13 Å². The quantitative estimate of drug-likeness (QED) is 0.262. The van der Waals surface area contributed by atoms with Gasteiger partial charge in [0.05, 0.1) is 40.4 Å². The zero-order valence-corrected chi connectivity index (χ0v) is 21.4. The molecule has 0 saturated carbocycles. The Bertz CT molecular complexity index is 1850. The number of hydrogen-bond donors (Lipinski definition) is 2. The van der Waals surface area contributed by atoms with Gasteiger partial charge in [-0.15, -0.1) is 11.3 Å². The van der Waals surface area contributed by atoms with Gasteiger partial charge in [0.15, 0.2) is 5.13 Å². The van der Waals surface area contributed by atoms with E-state index in [0.717, 1.165) is 66.6 Å². The predicted octanol–water partition coefficient (Wildman–Crippen LogP) is 6.32. The second-order valence-electron chi connectivity index (χ2n) is 9.09. The van der Waals surface area contributed by atoms with Crippen LogP contribution in [0.5, 0.6) is 5.75 Å². The van der Waals surface area contributed by atoms with E-state index >= 15 is 0 Å². The van der Waals surface area contributed by atoms with E-state index < -0.39 is 0 Å². The van der Waals surface area contributed by atoms with Crippen LogP contribution < -0.4 is 10.2 Å². The second-order valence-corrected chi connectivity index (χ2v) is 10.1. The van der Waals surface area contributed by atoms with Crippen LogP contribution in [-0.2, 0) is 13.2 Å². The van der Waals surface area contributed by atoms with E-state index in [1.807, 2.05) is 54.6 Å². The van der Waals surface area contributed by atoms with Crippen molar-refractivity contribution in [3.63, 3.8) is 0 Å². The highest BCUT2D eigenvalue weighted by atomic mass is 32.1. The molecule has 7 rings (SSSR count). The first kappa shape index (κ1) is 23.2. The maximum atomic E-state index is 13.7. The number of benzene rings is 1. The molecule has 6 aromatic rings. The van der Waals surface area contributed by atoms with Gasteiger partial charge in [-0.2, -0.15) is 9.49 Å². The third kappa shape index (κ3) is 4.53. The van der Waals surface area contributed by atoms with Gasteiger partial charge in [-0.05, 0) is 42.0 Å². The van der Waals surface area contributed by atoms with E-state index in [1.165, 1.54) is 6.07 Å². The Labute approximate surface area is 227 Å². The van der Waals surface area contributed by atoms with Crippen LogP contribution in [-0.4, -0.2) is 25.6 Å². The molecule has 0 amide bonds. The zero-order chi connectivity index (χ0) is 26.2. The van der Waals surface area contributed by atoms with E-state index in [1.54, 1.807) is 24.7 Å². The molecule has 0 atom stereocenters. The third-order valence-corrected chi connectivity index (χ3v) is 7.41. The minimum absolute atomic E-state index is 0.241. The highest BCUT2D eigenvalue weighted by molar-refractivity contribution is 7.13. The SMILES string of the molecule is Fc1ccc(-c2nccc3[nH]c(C4=NNCc5ccc(-c6cncc(OCc7ccccc7)c6)nc54)cc23)s1. The number of thiophene rings is 1. The van der Waals surface area contributed by atoms with Crippen LogP contribution in [0.2, 0.25) is 0 Å². The first-order valence-electron chi connectivity index (χ1n) is 12.4. The van der Waals surface area contributed by atoms with E-state index in [-0.39, 0.29) is 5.13 Å². The number of ether oxygens (including phenoxy) is 1. The fourth-order valence-electron chi connectivity index (χ4n) is 4.64. The topological polar surface area (TPSA) is 88.1 Å². The number of nitrogens with zero attached hydrogens (tertiary/aromatic N) is 4. The highest BCUT2D eigenvalue weighted by Crippen LogP contribution is 2.33. The molecule has 0 fully saturated rings. The largest absolute Gasteiger partial charge is 0.487 e. The molecule has 5 aromatic heterocycles. The standard InChI is InChI=1S/C30H21FN6OS/c31-27-9-8-26(39-27)29-22-13-25(35-24(22)10-11-33-29)30-28-19(15-34-37-30)6-7-23(36-28)20-12-21(16-32-14-20)38-17-18-4-2-1-3-5-18/h1-14,16,34-35H,15,17H2. The fourth-order valence-corrected chi connectivity index (χ4v) is 5.38. The van der Waals surface area contributed by atoms with E-state index in [2.05, 4.69) is 31.5 Å². The lowest BCUT2D eigenvalue weighted by Crippen LogP contribution is -2.23. The molecule has 6 heterocycles. The molecule has 7 nitrogen and oxygen atoms in total. The number of fused-ring (bicyclic) bond motifs is 2. The van der Waals surface area contributed by atoms with Crippen LogP contribution in [0.15, 0.2) is 96.5 Å². The molecule has 1 aromatic carbocycles. The third-order valence-electron chi connectivity index (χ3n) is 6.53. The number of hydrogen-bond acceptors (Lipinski definition) is 7. The van der Waals surface area contributed by atoms with Gasteiger partial charge in [-0.3, -0.25) is 9.97 Å². The van der Waals surface area contributed by atoms with Gasteiger partial charge in [0, 0.05) is 34.4 Å². The lowest BCUT2D eigenvalue weighted by Gasteiger charge is -2.17. The maximum absolute atomic E-state index is 13.7. The number of halogens is 1. The maximum Gasteiger partial charge on any atom is 0.177 e. The Balaban J connectivity index is 1.22. The molecule has 0 spiro atoms. The van der Waals surface area contributed by atoms with Crippen LogP contribution in [0.4, 0.5) is 4.39 Å². The summed E-state index contributed by atoms with van der Waals surface area (Å²) in [6.07, 6.45) is 5.21. The van der Waals surface area contributed by atoms with Crippen molar-refractivity contribution < 1.29 is 9.13 Å². The van der Waals surface area contributed by atoms with Crippen molar-refractivity contribution >= 4 is 28.0 Å². The number of rotatable bonds is 6. The summed E-state index contributed by atoms with van der Waals surface area (Å²) >= 11 is 1.08. The summed E-state index contributed by atoms with van der Waals surface area (Å²) in [7, 11) is 0. The minimum atomic E-state index is -0.241. The van der Waals surface area contributed by atoms with Crippen LogP contribution in [0.1, 0.15) is 22.5 Å². The lowest BCUT2D eigenvalue weighted by atomic mass is 10.0. The lowest BCUT2D eigenvalue weighted by molar-refractivity contribution is 0.305. The molecule has 1 aliphatic heterocycles. The molecule has 0 bridgehead atoms. The Kier molecular flexibility index (Phi) is 5.82. The summed E-state index contributed by atoms with van der Waals surface area (Å²) < 4.78 is 19.7. The molecular weight excluding hydrogens is 511 g/mol. The van der Waals surface area contributed by atoms with Crippen LogP contribution >= 0.6 is 11.3 Å². The molecule has 0 radical (unpaired) electrons. The van der Waals surface area contributed by atoms with E-state index in [9.17, 15) is 4.39 Å². The van der Waals surface area contributed by atoms with Crippen molar-refractivity contribution in [2.45, 2.75) is 13.2 Å². The van der Waals surface area contributed by atoms with Gasteiger partial charge in [-0.1, -0.05) is 36.4 Å². The molecule has 1 aliphatic rings. The van der Waals surface area contributed by atoms with Gasteiger partial charge >= 0.3 is 0 Å². The number of H-pyrrole nitrogens is 1. The van der Waals surface area contributed by atoms with Gasteiger partial charge in [0.1, 0.15) is 18.1 Å². The van der Waals surface area contributed by atoms with Crippen LogP contribution in [0.25, 0.3) is 32.7 Å². The summed E-state index contributed by atoms with van der Waals surface area (Å²) in [6.45, 7) is 1.04. The Morgan fingerprint density at radius 2 is 1.87 bits per heavy atom. The highest BCUT2D eigenvalue weighted by Gasteiger charge is 2.22. The summed E-state index contributed by atoms with van der Waals surface area (Å²) in [5.74, 6) is 0.673. The molecule has 39 heavy (non-hydrogen) atoms. The molecule has 0 aliphatic carbocycles. The molecule has 2 N–H and O–H groups in total. The average Bonchev–Trinajstić information content (AvgIpc) is 3.62. The van der Waals surface area contributed by atoms with Crippen molar-refractivity contribution in [2.24, 2.45) is 5.10 Å². The van der Waals surface area contributed by atoms with Gasteiger partial charge < -0.3 is 15.1 Å². The average molecular weight is 533 g/mol. The number of hydrazone groups is 1. The summed E-state index contributed by atoms with van der Waals surface area (Å²) in [5, 5.41) is 5.27. The predicted molar refractivity (Wildman–Crippen MR) is 150 cm³/mol. The van der Waals surface area contributed by atoms with Gasteiger partial charge in [-0.25, -0.2) is 4.98 Å². The van der Waals surface area contributed by atoms with Crippen LogP contribution in [0.3, 0.4) is 0 Å². The second kappa shape index (κ2) is 9.77. The Morgan fingerprint density at radius 1 is 0.949 bits per heavy atom. The number of nitrogens with one attached hydrogen (secondary N) is 2. The molecular formula is C30H21FN6OS. The van der Waals surface area contributed by atoms with Crippen molar-refractivity contribution in [3.05, 3.63) is 119 Å². The monoisotopic (exact) mass is 532 g/mol. The van der Waals surface area contributed by atoms with Gasteiger partial charge in [0.25, 0.3) is 0 Å². The normalized spacial score (nSPS) is 12.6. The number of pyridine rings is 3. The molecule has 190 valence electrons. The summed E-state index contributed by atoms with van der Waals surface area (Å²) in [4.78, 5) is 18.1. The van der Waals surface area contributed by atoms with E-state index in [0.29, 0.717) is 24.6 Å². The van der Waals surface area contributed by atoms with Gasteiger partial charge in [0.2, 0.25) is 0 Å². The Morgan fingerprint density at radius 3 is 2.74 bits per heavy atom. The first-order valence-corrected chi connectivity index (χ1v) is 13.2. The number of aromatic nitrogens is 4. The van der Waals surface area contributed by atoms with Crippen molar-refractivity contribution in [3.8, 4) is 27.6 Å². The fraction of sp³-hybridized carbons (Fsp3) is 0.0667. The van der Waals surface area contributed by atoms with Crippen molar-refractivity contribution in [1.82, 2.24) is 25.4 Å². The zero-order valence-electron chi connectivity index (χ0n) is 20.6.